The number of aromatic nitrogens is 2. The molecule has 0 spiro atoms. The fraction of sp³-hybridized carbons (Fsp3) is 0.316. The zero-order valence-electron chi connectivity index (χ0n) is 15.6. The summed E-state index contributed by atoms with van der Waals surface area (Å²) in [7, 11) is 1.56. The highest BCUT2D eigenvalue weighted by Gasteiger charge is 2.14. The van der Waals surface area contributed by atoms with Gasteiger partial charge >= 0.3 is 5.69 Å². The second kappa shape index (κ2) is 9.85. The Morgan fingerprint density at radius 3 is 2.56 bits per heavy atom. The molecule has 0 amide bonds. The molecule has 2 aromatic carbocycles. The van der Waals surface area contributed by atoms with Gasteiger partial charge in [0.25, 0.3) is 0 Å². The molecule has 0 atom stereocenters. The summed E-state index contributed by atoms with van der Waals surface area (Å²) >= 11 is 4.97. The van der Waals surface area contributed by atoms with Crippen LogP contribution in [0.3, 0.4) is 0 Å². The molecule has 0 aliphatic rings. The Bertz CT molecular complexity index is 971. The summed E-state index contributed by atoms with van der Waals surface area (Å²) in [5, 5.41) is 0. The van der Waals surface area contributed by atoms with Crippen LogP contribution in [0.4, 0.5) is 4.39 Å². The standard InChI is InChI=1S/C17H16BrFN2O3.C2H6S/c1-3-24-15-6-10(4-5-14(15)23-2)9-21-16-12(19)7-11(18)8-13(16)20-17(21)22;1-3-2/h4-8H,3,9H2,1-2H3,(H,20,22);1-2H3. The van der Waals surface area contributed by atoms with E-state index >= 15 is 0 Å². The molecule has 146 valence electrons. The molecule has 3 aromatic rings. The van der Waals surface area contributed by atoms with Crippen LogP contribution in [0.1, 0.15) is 12.5 Å². The van der Waals surface area contributed by atoms with E-state index in [9.17, 15) is 9.18 Å². The zero-order chi connectivity index (χ0) is 20.0. The van der Waals surface area contributed by atoms with Crippen molar-refractivity contribution in [3.63, 3.8) is 0 Å². The number of halogens is 2. The number of thioether (sulfide) groups is 1. The van der Waals surface area contributed by atoms with Crippen LogP contribution in [-0.4, -0.2) is 35.8 Å². The van der Waals surface area contributed by atoms with Crippen LogP contribution in [0.15, 0.2) is 39.6 Å². The van der Waals surface area contributed by atoms with Crippen LogP contribution < -0.4 is 15.2 Å². The maximum Gasteiger partial charge on any atom is 0.326 e. The first-order valence-electron chi connectivity index (χ1n) is 8.22. The van der Waals surface area contributed by atoms with E-state index in [1.807, 2.05) is 25.5 Å². The lowest BCUT2D eigenvalue weighted by Crippen LogP contribution is -2.17. The van der Waals surface area contributed by atoms with Gasteiger partial charge in [0, 0.05) is 4.47 Å². The first kappa shape index (κ1) is 21.4. The van der Waals surface area contributed by atoms with E-state index in [1.54, 1.807) is 37.1 Å². The third-order valence-electron chi connectivity index (χ3n) is 3.65. The molecule has 0 radical (unpaired) electrons. The number of hydrogen-bond donors (Lipinski definition) is 1. The second-order valence-electron chi connectivity index (χ2n) is 5.63. The van der Waals surface area contributed by atoms with E-state index in [2.05, 4.69) is 20.9 Å². The summed E-state index contributed by atoms with van der Waals surface area (Å²) in [5.74, 6) is 0.742. The fourth-order valence-corrected chi connectivity index (χ4v) is 3.07. The second-order valence-corrected chi connectivity index (χ2v) is 7.36. The lowest BCUT2D eigenvalue weighted by Gasteiger charge is -2.11. The van der Waals surface area contributed by atoms with E-state index in [0.29, 0.717) is 28.1 Å². The minimum absolute atomic E-state index is 0.224. The van der Waals surface area contributed by atoms with Gasteiger partial charge in [0.2, 0.25) is 0 Å². The van der Waals surface area contributed by atoms with Crippen LogP contribution in [0, 0.1) is 5.82 Å². The van der Waals surface area contributed by atoms with Crippen LogP contribution in [0.5, 0.6) is 11.5 Å². The zero-order valence-corrected chi connectivity index (χ0v) is 18.0. The van der Waals surface area contributed by atoms with Gasteiger partial charge in [0.1, 0.15) is 11.3 Å². The first-order valence-corrected chi connectivity index (χ1v) is 10.6. The predicted octanol–water partition coefficient (Wildman–Crippen LogP) is 4.67. The average Bonchev–Trinajstić information content (AvgIpc) is 2.91. The Morgan fingerprint density at radius 2 is 1.93 bits per heavy atom. The number of nitrogens with one attached hydrogen (secondary N) is 1. The Labute approximate surface area is 170 Å². The normalized spacial score (nSPS) is 10.4. The predicted molar refractivity (Wildman–Crippen MR) is 113 cm³/mol. The van der Waals surface area contributed by atoms with Crippen LogP contribution >= 0.6 is 27.7 Å². The first-order chi connectivity index (χ1) is 12.9. The smallest absolute Gasteiger partial charge is 0.326 e. The van der Waals surface area contributed by atoms with Crippen molar-refractivity contribution in [3.05, 3.63) is 56.7 Å². The molecule has 0 bridgehead atoms. The molecule has 0 saturated carbocycles. The molecule has 0 aliphatic heterocycles. The largest absolute Gasteiger partial charge is 0.493 e. The third-order valence-corrected chi connectivity index (χ3v) is 4.11. The number of hydrogen-bond acceptors (Lipinski definition) is 4. The molecule has 0 saturated heterocycles. The summed E-state index contributed by atoms with van der Waals surface area (Å²) in [6, 6.07) is 8.41. The molecule has 0 fully saturated rings. The Kier molecular flexibility index (Phi) is 7.79. The van der Waals surface area contributed by atoms with Crippen molar-refractivity contribution < 1.29 is 13.9 Å². The number of ether oxygens (including phenoxy) is 2. The summed E-state index contributed by atoms with van der Waals surface area (Å²) in [6.07, 6.45) is 4.08. The van der Waals surface area contributed by atoms with E-state index in [1.165, 1.54) is 10.6 Å². The van der Waals surface area contributed by atoms with Gasteiger partial charge in [0.05, 0.1) is 25.8 Å². The quantitative estimate of drug-likeness (QED) is 0.605. The number of aromatic amines is 1. The number of methoxy groups -OCH3 is 1. The van der Waals surface area contributed by atoms with Gasteiger partial charge in [-0.15, -0.1) is 0 Å². The number of fused-ring (bicyclic) bond motifs is 1. The lowest BCUT2D eigenvalue weighted by molar-refractivity contribution is 0.310. The summed E-state index contributed by atoms with van der Waals surface area (Å²) in [5.41, 5.74) is 1.14. The Balaban J connectivity index is 0.000000817. The van der Waals surface area contributed by atoms with Crippen molar-refractivity contribution in [1.82, 2.24) is 9.55 Å². The van der Waals surface area contributed by atoms with Crippen molar-refractivity contribution in [2.75, 3.05) is 26.2 Å². The summed E-state index contributed by atoms with van der Waals surface area (Å²) in [4.78, 5) is 14.9. The maximum atomic E-state index is 14.3. The minimum atomic E-state index is -0.462. The van der Waals surface area contributed by atoms with Crippen molar-refractivity contribution in [1.29, 1.82) is 0 Å². The molecular weight excluding hydrogens is 435 g/mol. The maximum absolute atomic E-state index is 14.3. The van der Waals surface area contributed by atoms with E-state index in [0.717, 1.165) is 5.56 Å². The van der Waals surface area contributed by atoms with Crippen molar-refractivity contribution >= 4 is 38.7 Å². The lowest BCUT2D eigenvalue weighted by atomic mass is 10.2. The molecule has 1 aromatic heterocycles. The monoisotopic (exact) mass is 456 g/mol. The average molecular weight is 457 g/mol. The minimum Gasteiger partial charge on any atom is -0.493 e. The number of benzene rings is 2. The van der Waals surface area contributed by atoms with Gasteiger partial charge in [-0.25, -0.2) is 9.18 Å². The summed E-state index contributed by atoms with van der Waals surface area (Å²) < 4.78 is 27.0. The third kappa shape index (κ3) is 5.07. The molecule has 0 aliphatic carbocycles. The fourth-order valence-electron chi connectivity index (χ4n) is 2.64. The highest BCUT2D eigenvalue weighted by molar-refractivity contribution is 9.10. The summed E-state index contributed by atoms with van der Waals surface area (Å²) in [6.45, 7) is 2.60. The number of imidazole rings is 1. The Hall–Kier alpha value is -1.93. The molecule has 3 rings (SSSR count). The molecule has 1 heterocycles. The number of H-pyrrole nitrogens is 1. The molecule has 1 N–H and O–H groups in total. The van der Waals surface area contributed by atoms with E-state index in [4.69, 9.17) is 9.47 Å². The van der Waals surface area contributed by atoms with Gasteiger partial charge in [-0.3, -0.25) is 4.57 Å². The van der Waals surface area contributed by atoms with Gasteiger partial charge in [-0.05, 0) is 49.3 Å². The molecule has 0 unspecified atom stereocenters. The van der Waals surface area contributed by atoms with Crippen LogP contribution in [-0.2, 0) is 6.54 Å². The molecular formula is C19H22BrFN2O3S. The van der Waals surface area contributed by atoms with Gasteiger partial charge in [0.15, 0.2) is 11.5 Å². The Morgan fingerprint density at radius 1 is 1.22 bits per heavy atom. The topological polar surface area (TPSA) is 56.2 Å². The van der Waals surface area contributed by atoms with E-state index < -0.39 is 5.82 Å². The molecule has 27 heavy (non-hydrogen) atoms. The highest BCUT2D eigenvalue weighted by Crippen LogP contribution is 2.29. The van der Waals surface area contributed by atoms with Gasteiger partial charge in [-0.1, -0.05) is 22.0 Å². The van der Waals surface area contributed by atoms with E-state index in [-0.39, 0.29) is 17.8 Å². The SMILES string of the molecule is CCOc1cc(Cn2c(=O)[nH]c3cc(Br)cc(F)c32)ccc1OC.CSC. The van der Waals surface area contributed by atoms with Crippen LogP contribution in [0.2, 0.25) is 0 Å². The van der Waals surface area contributed by atoms with Gasteiger partial charge < -0.3 is 14.5 Å². The van der Waals surface area contributed by atoms with Crippen molar-refractivity contribution in [3.8, 4) is 11.5 Å². The molecule has 8 heteroatoms. The van der Waals surface area contributed by atoms with Crippen LogP contribution in [0.25, 0.3) is 11.0 Å². The molecule has 5 nitrogen and oxygen atoms in total. The number of nitrogens with zero attached hydrogens (tertiary/aromatic N) is 1. The number of rotatable bonds is 5. The van der Waals surface area contributed by atoms with Crippen molar-refractivity contribution in [2.24, 2.45) is 0 Å². The van der Waals surface area contributed by atoms with Crippen molar-refractivity contribution in [2.45, 2.75) is 13.5 Å². The highest BCUT2D eigenvalue weighted by atomic mass is 79.9. The van der Waals surface area contributed by atoms with Gasteiger partial charge in [-0.2, -0.15) is 11.8 Å².